The largest absolute Gasteiger partial charge is 0.366 e. The summed E-state index contributed by atoms with van der Waals surface area (Å²) in [6, 6.07) is 7.17. The summed E-state index contributed by atoms with van der Waals surface area (Å²) in [7, 11) is 0. The first-order valence-electron chi connectivity index (χ1n) is 8.79. The molecule has 1 aromatic carbocycles. The van der Waals surface area contributed by atoms with Gasteiger partial charge in [0, 0.05) is 38.2 Å². The molecule has 1 aromatic rings. The van der Waals surface area contributed by atoms with Crippen molar-refractivity contribution >= 4 is 41.8 Å². The van der Waals surface area contributed by atoms with Crippen molar-refractivity contribution < 1.29 is 9.59 Å². The molecule has 1 heterocycles. The van der Waals surface area contributed by atoms with Crippen LogP contribution in [0.15, 0.2) is 29.3 Å². The summed E-state index contributed by atoms with van der Waals surface area (Å²) < 4.78 is 0. The molecule has 7 nitrogen and oxygen atoms in total. The minimum atomic E-state index is -0.438. The first-order valence-corrected chi connectivity index (χ1v) is 8.79. The molecule has 4 N–H and O–H groups in total. The summed E-state index contributed by atoms with van der Waals surface area (Å²) in [4.78, 5) is 29.3. The molecule has 0 radical (unpaired) electrons. The Kier molecular flexibility index (Phi) is 10.0. The number of guanidine groups is 1. The maximum atomic E-state index is 11.6. The molecular weight excluding hydrogens is 445 g/mol. The third-order valence-corrected chi connectivity index (χ3v) is 4.04. The van der Waals surface area contributed by atoms with Crippen LogP contribution in [0.25, 0.3) is 0 Å². The van der Waals surface area contributed by atoms with Crippen LogP contribution in [0.4, 0.5) is 0 Å². The second-order valence-electron chi connectivity index (χ2n) is 6.02. The first-order chi connectivity index (χ1) is 12.1. The SMILES string of the molecule is CCNC(=NCc1cccc(C(N)=O)c1)NCCCN1CCCC1=O.I. The summed E-state index contributed by atoms with van der Waals surface area (Å²) in [5.41, 5.74) is 6.72. The molecule has 2 amide bonds. The number of nitrogens with zero attached hydrogens (tertiary/aromatic N) is 2. The number of carbonyl (C=O) groups excluding carboxylic acids is 2. The number of benzene rings is 1. The van der Waals surface area contributed by atoms with Crippen LogP contribution in [-0.4, -0.2) is 48.9 Å². The van der Waals surface area contributed by atoms with Gasteiger partial charge in [-0.15, -0.1) is 24.0 Å². The number of rotatable bonds is 8. The predicted molar refractivity (Wildman–Crippen MR) is 114 cm³/mol. The third-order valence-electron chi connectivity index (χ3n) is 4.04. The topological polar surface area (TPSA) is 99.8 Å². The van der Waals surface area contributed by atoms with Gasteiger partial charge in [-0.25, -0.2) is 4.99 Å². The molecule has 0 spiro atoms. The van der Waals surface area contributed by atoms with E-state index in [-0.39, 0.29) is 29.9 Å². The monoisotopic (exact) mass is 473 g/mol. The fourth-order valence-corrected chi connectivity index (χ4v) is 2.75. The molecular formula is C18H28IN5O2. The van der Waals surface area contributed by atoms with Crippen molar-refractivity contribution in [1.82, 2.24) is 15.5 Å². The van der Waals surface area contributed by atoms with E-state index < -0.39 is 5.91 Å². The maximum absolute atomic E-state index is 11.6. The van der Waals surface area contributed by atoms with Gasteiger partial charge < -0.3 is 21.3 Å². The highest BCUT2D eigenvalue weighted by atomic mass is 127. The van der Waals surface area contributed by atoms with Crippen molar-refractivity contribution in [3.05, 3.63) is 35.4 Å². The van der Waals surface area contributed by atoms with Crippen molar-refractivity contribution in [2.75, 3.05) is 26.2 Å². The standard InChI is InChI=1S/C18H27N5O2.HI/c1-2-20-18(21-9-5-11-23-10-4-8-16(23)24)22-13-14-6-3-7-15(12-14)17(19)25;/h3,6-7,12H,2,4-5,8-11,13H2,1H3,(H2,19,25)(H2,20,21,22);1H. The lowest BCUT2D eigenvalue weighted by molar-refractivity contribution is -0.127. The molecule has 2 rings (SSSR count). The number of aliphatic imine (C=N–C) groups is 1. The Morgan fingerprint density at radius 1 is 1.35 bits per heavy atom. The minimum Gasteiger partial charge on any atom is -0.366 e. The number of carbonyl (C=O) groups is 2. The van der Waals surface area contributed by atoms with Crippen LogP contribution < -0.4 is 16.4 Å². The number of nitrogens with two attached hydrogens (primary N) is 1. The first kappa shape index (κ1) is 22.2. The zero-order chi connectivity index (χ0) is 18.1. The van der Waals surface area contributed by atoms with Gasteiger partial charge in [0.15, 0.2) is 5.96 Å². The Morgan fingerprint density at radius 3 is 2.81 bits per heavy atom. The molecule has 0 bridgehead atoms. The van der Waals surface area contributed by atoms with E-state index in [9.17, 15) is 9.59 Å². The highest BCUT2D eigenvalue weighted by Gasteiger charge is 2.18. The summed E-state index contributed by atoms with van der Waals surface area (Å²) in [6.45, 7) is 5.64. The maximum Gasteiger partial charge on any atom is 0.248 e. The smallest absolute Gasteiger partial charge is 0.248 e. The van der Waals surface area contributed by atoms with Crippen molar-refractivity contribution in [1.29, 1.82) is 0 Å². The molecule has 0 aliphatic carbocycles. The van der Waals surface area contributed by atoms with Crippen molar-refractivity contribution in [3.63, 3.8) is 0 Å². The van der Waals surface area contributed by atoms with E-state index in [1.54, 1.807) is 18.2 Å². The van der Waals surface area contributed by atoms with E-state index >= 15 is 0 Å². The quantitative estimate of drug-likeness (QED) is 0.231. The summed E-state index contributed by atoms with van der Waals surface area (Å²) in [6.07, 6.45) is 2.54. The van der Waals surface area contributed by atoms with Crippen molar-refractivity contribution in [2.24, 2.45) is 10.7 Å². The number of likely N-dealkylation sites (tertiary alicyclic amines) is 1. The summed E-state index contributed by atoms with van der Waals surface area (Å²) in [5, 5.41) is 6.47. The van der Waals surface area contributed by atoms with Gasteiger partial charge in [0.25, 0.3) is 0 Å². The fraction of sp³-hybridized carbons (Fsp3) is 0.500. The van der Waals surface area contributed by atoms with Crippen molar-refractivity contribution in [3.8, 4) is 0 Å². The number of amides is 2. The second-order valence-corrected chi connectivity index (χ2v) is 6.02. The van der Waals surface area contributed by atoms with Crippen LogP contribution in [0.3, 0.4) is 0 Å². The van der Waals surface area contributed by atoms with Gasteiger partial charge in [0.05, 0.1) is 6.54 Å². The number of hydrogen-bond acceptors (Lipinski definition) is 3. The lowest BCUT2D eigenvalue weighted by Crippen LogP contribution is -2.39. The zero-order valence-electron chi connectivity index (χ0n) is 15.2. The normalized spacial score (nSPS) is 14.1. The molecule has 0 aromatic heterocycles. The molecule has 1 fully saturated rings. The number of nitrogens with one attached hydrogen (secondary N) is 2. The lowest BCUT2D eigenvalue weighted by atomic mass is 10.1. The minimum absolute atomic E-state index is 0. The van der Waals surface area contributed by atoms with Crippen LogP contribution in [0.1, 0.15) is 42.1 Å². The number of hydrogen-bond donors (Lipinski definition) is 3. The highest BCUT2D eigenvalue weighted by Crippen LogP contribution is 2.09. The van der Waals surface area contributed by atoms with Gasteiger partial charge in [-0.2, -0.15) is 0 Å². The van der Waals surface area contributed by atoms with Crippen LogP contribution in [0.5, 0.6) is 0 Å². The summed E-state index contributed by atoms with van der Waals surface area (Å²) >= 11 is 0. The molecule has 144 valence electrons. The zero-order valence-corrected chi connectivity index (χ0v) is 17.5. The average molecular weight is 473 g/mol. The van der Waals surface area contributed by atoms with Crippen LogP contribution in [0.2, 0.25) is 0 Å². The van der Waals surface area contributed by atoms with Crippen LogP contribution in [0, 0.1) is 0 Å². The fourth-order valence-electron chi connectivity index (χ4n) is 2.75. The van der Waals surface area contributed by atoms with E-state index in [0.717, 1.165) is 50.5 Å². The van der Waals surface area contributed by atoms with E-state index in [0.29, 0.717) is 18.5 Å². The van der Waals surface area contributed by atoms with Gasteiger partial charge in [-0.1, -0.05) is 12.1 Å². The highest BCUT2D eigenvalue weighted by molar-refractivity contribution is 14.0. The molecule has 8 heteroatoms. The van der Waals surface area contributed by atoms with Crippen LogP contribution >= 0.6 is 24.0 Å². The van der Waals surface area contributed by atoms with E-state index in [2.05, 4.69) is 15.6 Å². The molecule has 1 aliphatic rings. The van der Waals surface area contributed by atoms with E-state index in [1.807, 2.05) is 17.9 Å². The van der Waals surface area contributed by atoms with Gasteiger partial charge >= 0.3 is 0 Å². The molecule has 26 heavy (non-hydrogen) atoms. The van der Waals surface area contributed by atoms with E-state index in [1.165, 1.54) is 0 Å². The average Bonchev–Trinajstić information content (AvgIpc) is 3.01. The molecule has 0 unspecified atom stereocenters. The number of primary amides is 1. The van der Waals surface area contributed by atoms with Gasteiger partial charge in [-0.05, 0) is 37.5 Å². The van der Waals surface area contributed by atoms with Crippen molar-refractivity contribution in [2.45, 2.75) is 32.7 Å². The predicted octanol–water partition coefficient (Wildman–Crippen LogP) is 1.47. The molecule has 0 atom stereocenters. The Bertz CT molecular complexity index is 636. The van der Waals surface area contributed by atoms with Crippen LogP contribution in [-0.2, 0) is 11.3 Å². The van der Waals surface area contributed by atoms with E-state index in [4.69, 9.17) is 5.73 Å². The Labute approximate surface area is 171 Å². The Hall–Kier alpha value is -1.84. The Morgan fingerprint density at radius 2 is 2.15 bits per heavy atom. The summed E-state index contributed by atoms with van der Waals surface area (Å²) in [5.74, 6) is 0.543. The molecule has 1 aliphatic heterocycles. The molecule has 1 saturated heterocycles. The lowest BCUT2D eigenvalue weighted by Gasteiger charge is -2.16. The van der Waals surface area contributed by atoms with Gasteiger partial charge in [0.2, 0.25) is 11.8 Å². The van der Waals surface area contributed by atoms with Gasteiger partial charge in [-0.3, -0.25) is 9.59 Å². The second kappa shape index (κ2) is 11.7. The number of halogens is 1. The third kappa shape index (κ3) is 7.19. The van der Waals surface area contributed by atoms with Gasteiger partial charge in [0.1, 0.15) is 0 Å². The molecule has 0 saturated carbocycles. The Balaban J connectivity index is 0.00000338.